The lowest BCUT2D eigenvalue weighted by molar-refractivity contribution is 0.375. The topological polar surface area (TPSA) is 35.2 Å². The second-order valence-electron chi connectivity index (χ2n) is 4.46. The number of ether oxygens (including phenoxy) is 1. The van der Waals surface area contributed by atoms with Crippen molar-refractivity contribution in [2.24, 2.45) is 11.1 Å². The van der Waals surface area contributed by atoms with Crippen molar-refractivity contribution in [2.75, 3.05) is 13.7 Å². The summed E-state index contributed by atoms with van der Waals surface area (Å²) in [5, 5.41) is 0. The van der Waals surface area contributed by atoms with Crippen LogP contribution < -0.4 is 10.5 Å². The van der Waals surface area contributed by atoms with Crippen molar-refractivity contribution in [3.63, 3.8) is 0 Å². The molecular weight excluding hydrogens is 273 g/mol. The molecule has 0 bridgehead atoms. The van der Waals surface area contributed by atoms with Gasteiger partial charge in [-0.25, -0.2) is 4.39 Å². The third kappa shape index (κ3) is 2.23. The highest BCUT2D eigenvalue weighted by Crippen LogP contribution is 2.48. The van der Waals surface area contributed by atoms with E-state index in [1.54, 1.807) is 0 Å². The van der Waals surface area contributed by atoms with Crippen LogP contribution in [0.25, 0.3) is 0 Å². The first-order chi connectivity index (χ1) is 7.60. The van der Waals surface area contributed by atoms with Crippen LogP contribution in [0.2, 0.25) is 0 Å². The van der Waals surface area contributed by atoms with E-state index in [0.717, 1.165) is 29.3 Å². The molecule has 1 aliphatic carbocycles. The molecular formula is C12H15BrFNO. The van der Waals surface area contributed by atoms with Gasteiger partial charge in [0.25, 0.3) is 0 Å². The summed E-state index contributed by atoms with van der Waals surface area (Å²) in [5.41, 5.74) is 6.82. The van der Waals surface area contributed by atoms with Gasteiger partial charge in [-0.2, -0.15) is 0 Å². The number of halogens is 2. The molecule has 16 heavy (non-hydrogen) atoms. The minimum atomic E-state index is -0.320. The van der Waals surface area contributed by atoms with Gasteiger partial charge in [-0.3, -0.25) is 0 Å². The molecule has 0 heterocycles. The molecule has 2 nitrogen and oxygen atoms in total. The van der Waals surface area contributed by atoms with Gasteiger partial charge < -0.3 is 10.5 Å². The predicted molar refractivity (Wildman–Crippen MR) is 65.1 cm³/mol. The van der Waals surface area contributed by atoms with Gasteiger partial charge in [0, 0.05) is 4.47 Å². The molecule has 0 amide bonds. The van der Waals surface area contributed by atoms with Gasteiger partial charge in [-0.05, 0) is 48.9 Å². The molecule has 1 aromatic carbocycles. The summed E-state index contributed by atoms with van der Waals surface area (Å²) in [4.78, 5) is 0. The van der Waals surface area contributed by atoms with E-state index in [-0.39, 0.29) is 11.2 Å². The maximum absolute atomic E-state index is 13.6. The summed E-state index contributed by atoms with van der Waals surface area (Å²) >= 11 is 3.30. The maximum atomic E-state index is 13.6. The van der Waals surface area contributed by atoms with E-state index >= 15 is 0 Å². The Morgan fingerprint density at radius 1 is 1.50 bits per heavy atom. The Balaban J connectivity index is 2.31. The second kappa shape index (κ2) is 4.34. The fourth-order valence-electron chi connectivity index (χ4n) is 2.01. The minimum Gasteiger partial charge on any atom is -0.493 e. The lowest BCUT2D eigenvalue weighted by Gasteiger charge is -2.15. The standard InChI is InChI=1S/C12H15BrFNO/c1-16-11-8(4-9(13)5-10(11)14)6-12(7-15)2-3-12/h4-5H,2-3,6-7,15H2,1H3. The van der Waals surface area contributed by atoms with Crippen LogP contribution in [-0.4, -0.2) is 13.7 Å². The normalized spacial score (nSPS) is 17.2. The van der Waals surface area contributed by atoms with Crippen LogP contribution in [0.15, 0.2) is 16.6 Å². The molecule has 0 radical (unpaired) electrons. The summed E-state index contributed by atoms with van der Waals surface area (Å²) in [7, 11) is 1.50. The highest BCUT2D eigenvalue weighted by Gasteiger charge is 2.41. The quantitative estimate of drug-likeness (QED) is 0.924. The van der Waals surface area contributed by atoms with Gasteiger partial charge in [0.1, 0.15) is 0 Å². The van der Waals surface area contributed by atoms with Crippen LogP contribution in [0.4, 0.5) is 4.39 Å². The molecule has 0 aromatic heterocycles. The van der Waals surface area contributed by atoms with Crippen molar-refractivity contribution >= 4 is 15.9 Å². The average molecular weight is 288 g/mol. The number of benzene rings is 1. The van der Waals surface area contributed by atoms with Gasteiger partial charge >= 0.3 is 0 Å². The number of methoxy groups -OCH3 is 1. The molecule has 4 heteroatoms. The molecule has 0 saturated heterocycles. The number of nitrogens with two attached hydrogens (primary N) is 1. The van der Waals surface area contributed by atoms with E-state index in [4.69, 9.17) is 10.5 Å². The van der Waals surface area contributed by atoms with Gasteiger partial charge in [0.2, 0.25) is 0 Å². The SMILES string of the molecule is COc1c(F)cc(Br)cc1CC1(CN)CC1. The second-order valence-corrected chi connectivity index (χ2v) is 5.38. The van der Waals surface area contributed by atoms with E-state index < -0.39 is 0 Å². The molecule has 0 aliphatic heterocycles. The number of hydrogen-bond donors (Lipinski definition) is 1. The predicted octanol–water partition coefficient (Wildman–Crippen LogP) is 2.88. The average Bonchev–Trinajstić information content (AvgIpc) is 2.98. The molecule has 1 fully saturated rings. The van der Waals surface area contributed by atoms with Crippen molar-refractivity contribution in [2.45, 2.75) is 19.3 Å². The van der Waals surface area contributed by atoms with Crippen molar-refractivity contribution in [1.82, 2.24) is 0 Å². The minimum absolute atomic E-state index is 0.181. The number of hydrogen-bond acceptors (Lipinski definition) is 2. The van der Waals surface area contributed by atoms with Crippen LogP contribution in [0.3, 0.4) is 0 Å². The molecule has 0 atom stereocenters. The zero-order valence-corrected chi connectivity index (χ0v) is 10.8. The van der Waals surface area contributed by atoms with Crippen LogP contribution in [0.5, 0.6) is 5.75 Å². The monoisotopic (exact) mass is 287 g/mol. The van der Waals surface area contributed by atoms with Gasteiger partial charge in [-0.15, -0.1) is 0 Å². The zero-order chi connectivity index (χ0) is 11.8. The summed E-state index contributed by atoms with van der Waals surface area (Å²) in [6.45, 7) is 0.657. The zero-order valence-electron chi connectivity index (χ0n) is 9.22. The van der Waals surface area contributed by atoms with Crippen LogP contribution in [0, 0.1) is 11.2 Å². The molecule has 1 aliphatic rings. The summed E-state index contributed by atoms with van der Waals surface area (Å²) in [6, 6.07) is 3.34. The van der Waals surface area contributed by atoms with E-state index in [0.29, 0.717) is 12.3 Å². The summed E-state index contributed by atoms with van der Waals surface area (Å²) in [5.74, 6) is 0.0302. The van der Waals surface area contributed by atoms with E-state index in [1.807, 2.05) is 6.07 Å². The Hall–Kier alpha value is -0.610. The highest BCUT2D eigenvalue weighted by atomic mass is 79.9. The maximum Gasteiger partial charge on any atom is 0.166 e. The smallest absolute Gasteiger partial charge is 0.166 e. The van der Waals surface area contributed by atoms with Crippen molar-refractivity contribution in [3.05, 3.63) is 28.0 Å². The summed E-state index contributed by atoms with van der Waals surface area (Å²) < 4.78 is 19.5. The lowest BCUT2D eigenvalue weighted by atomic mass is 9.96. The first-order valence-electron chi connectivity index (χ1n) is 5.32. The van der Waals surface area contributed by atoms with Crippen molar-refractivity contribution in [1.29, 1.82) is 0 Å². The Bertz CT molecular complexity index is 404. The highest BCUT2D eigenvalue weighted by molar-refractivity contribution is 9.10. The molecule has 88 valence electrons. The fraction of sp³-hybridized carbons (Fsp3) is 0.500. The third-order valence-corrected chi connectivity index (χ3v) is 3.70. The Kier molecular flexibility index (Phi) is 3.22. The van der Waals surface area contributed by atoms with Crippen LogP contribution in [0.1, 0.15) is 18.4 Å². The van der Waals surface area contributed by atoms with E-state index in [2.05, 4.69) is 15.9 Å². The molecule has 0 unspecified atom stereocenters. The van der Waals surface area contributed by atoms with E-state index in [9.17, 15) is 4.39 Å². The first kappa shape index (κ1) is 11.9. The van der Waals surface area contributed by atoms with Gasteiger partial charge in [0.15, 0.2) is 11.6 Å². The molecule has 2 N–H and O–H groups in total. The molecule has 2 rings (SSSR count). The van der Waals surface area contributed by atoms with Crippen molar-refractivity contribution in [3.8, 4) is 5.75 Å². The third-order valence-electron chi connectivity index (χ3n) is 3.24. The summed E-state index contributed by atoms with van der Waals surface area (Å²) in [6.07, 6.45) is 3.05. The molecule has 1 aromatic rings. The van der Waals surface area contributed by atoms with Gasteiger partial charge in [-0.1, -0.05) is 15.9 Å². The Morgan fingerprint density at radius 3 is 2.69 bits per heavy atom. The van der Waals surface area contributed by atoms with Gasteiger partial charge in [0.05, 0.1) is 7.11 Å². The van der Waals surface area contributed by atoms with Crippen LogP contribution in [-0.2, 0) is 6.42 Å². The lowest BCUT2D eigenvalue weighted by Crippen LogP contribution is -2.18. The van der Waals surface area contributed by atoms with Crippen LogP contribution >= 0.6 is 15.9 Å². The largest absolute Gasteiger partial charge is 0.493 e. The fourth-order valence-corrected chi connectivity index (χ4v) is 2.48. The van der Waals surface area contributed by atoms with Crippen molar-refractivity contribution < 1.29 is 9.13 Å². The number of rotatable bonds is 4. The first-order valence-corrected chi connectivity index (χ1v) is 6.11. The Labute approximate surface area is 103 Å². The van der Waals surface area contributed by atoms with E-state index in [1.165, 1.54) is 13.2 Å². The molecule has 1 saturated carbocycles. The Morgan fingerprint density at radius 2 is 2.19 bits per heavy atom. The molecule has 0 spiro atoms.